The summed E-state index contributed by atoms with van der Waals surface area (Å²) >= 11 is 0. The molecular formula is C24H34N4O3. The van der Waals surface area contributed by atoms with Crippen molar-refractivity contribution in [3.05, 3.63) is 30.0 Å². The van der Waals surface area contributed by atoms with E-state index < -0.39 is 0 Å². The quantitative estimate of drug-likeness (QED) is 0.502. The first-order valence-electron chi connectivity index (χ1n) is 11.4. The van der Waals surface area contributed by atoms with Crippen LogP contribution in [0.2, 0.25) is 0 Å². The standard InChI is InChI=1S/C24H34N4O3/c1-5-15(4)25-24(31)28-21(17-9-8-10-17)14-20(27-28)19-13-18(11-12-22(19)29)26-23(30)16(6-2)7-3/h11-17,29H,5-10H2,1-4H3,(H,25,31)(H,26,30). The molecule has 31 heavy (non-hydrogen) atoms. The molecule has 1 aliphatic rings. The fourth-order valence-electron chi connectivity index (χ4n) is 3.78. The molecule has 0 aliphatic heterocycles. The maximum atomic E-state index is 12.8. The summed E-state index contributed by atoms with van der Waals surface area (Å²) in [5, 5.41) is 21.0. The highest BCUT2D eigenvalue weighted by Gasteiger charge is 2.28. The molecule has 0 saturated heterocycles. The van der Waals surface area contributed by atoms with Crippen LogP contribution < -0.4 is 10.6 Å². The molecule has 1 unspecified atom stereocenters. The Morgan fingerprint density at radius 1 is 1.16 bits per heavy atom. The lowest BCUT2D eigenvalue weighted by atomic mass is 9.82. The van der Waals surface area contributed by atoms with Crippen molar-refractivity contribution in [3.8, 4) is 17.0 Å². The van der Waals surface area contributed by atoms with Gasteiger partial charge in [0.15, 0.2) is 0 Å². The molecule has 2 amide bonds. The van der Waals surface area contributed by atoms with Gasteiger partial charge in [0.2, 0.25) is 5.91 Å². The maximum absolute atomic E-state index is 12.8. The molecule has 1 aliphatic carbocycles. The number of phenolic OH excluding ortho intramolecular Hbond substituents is 1. The van der Waals surface area contributed by atoms with Gasteiger partial charge in [0, 0.05) is 29.1 Å². The van der Waals surface area contributed by atoms with E-state index in [1.165, 1.54) is 4.68 Å². The minimum Gasteiger partial charge on any atom is -0.507 e. The van der Waals surface area contributed by atoms with Crippen molar-refractivity contribution in [1.29, 1.82) is 0 Å². The van der Waals surface area contributed by atoms with Crippen molar-refractivity contribution < 1.29 is 14.7 Å². The number of carbonyl (C=O) groups is 2. The molecule has 3 N–H and O–H groups in total. The second kappa shape index (κ2) is 9.98. The van der Waals surface area contributed by atoms with E-state index in [-0.39, 0.29) is 29.6 Å². The van der Waals surface area contributed by atoms with Gasteiger partial charge in [-0.15, -0.1) is 0 Å². The number of hydrogen-bond donors (Lipinski definition) is 3. The summed E-state index contributed by atoms with van der Waals surface area (Å²) in [6.45, 7) is 7.97. The average Bonchev–Trinajstić information content (AvgIpc) is 3.13. The molecule has 1 aromatic heterocycles. The third-order valence-corrected chi connectivity index (χ3v) is 6.33. The third kappa shape index (κ3) is 5.09. The lowest BCUT2D eigenvalue weighted by molar-refractivity contribution is -0.120. The average molecular weight is 427 g/mol. The molecule has 7 nitrogen and oxygen atoms in total. The second-order valence-corrected chi connectivity index (χ2v) is 8.49. The SMILES string of the molecule is CCC(C)NC(=O)n1nc(-c2cc(NC(=O)C(CC)CC)ccc2O)cc1C1CCC1. The Bertz CT molecular complexity index is 929. The minimum atomic E-state index is -0.250. The van der Waals surface area contributed by atoms with Crippen molar-refractivity contribution in [2.75, 3.05) is 5.32 Å². The van der Waals surface area contributed by atoms with Crippen LogP contribution in [0.5, 0.6) is 5.75 Å². The number of nitrogens with zero attached hydrogens (tertiary/aromatic N) is 2. The highest BCUT2D eigenvalue weighted by atomic mass is 16.3. The smallest absolute Gasteiger partial charge is 0.342 e. The van der Waals surface area contributed by atoms with E-state index in [2.05, 4.69) is 15.7 Å². The Hall–Kier alpha value is -2.83. The summed E-state index contributed by atoms with van der Waals surface area (Å²) in [5.41, 5.74) is 2.50. The largest absolute Gasteiger partial charge is 0.507 e. The molecule has 0 bridgehead atoms. The number of phenols is 1. The zero-order valence-electron chi connectivity index (χ0n) is 18.9. The number of amides is 2. The molecule has 0 spiro atoms. The highest BCUT2D eigenvalue weighted by Crippen LogP contribution is 2.39. The summed E-state index contributed by atoms with van der Waals surface area (Å²) in [6, 6.07) is 6.64. The zero-order chi connectivity index (χ0) is 22.5. The molecule has 168 valence electrons. The number of carbonyl (C=O) groups excluding carboxylic acids is 2. The fourth-order valence-corrected chi connectivity index (χ4v) is 3.78. The van der Waals surface area contributed by atoms with Gasteiger partial charge in [-0.1, -0.05) is 27.2 Å². The van der Waals surface area contributed by atoms with Gasteiger partial charge in [0.1, 0.15) is 5.75 Å². The van der Waals surface area contributed by atoms with Crippen molar-refractivity contribution >= 4 is 17.6 Å². The first-order chi connectivity index (χ1) is 14.9. The number of aromatic hydroxyl groups is 1. The van der Waals surface area contributed by atoms with Crippen molar-refractivity contribution in [1.82, 2.24) is 15.1 Å². The summed E-state index contributed by atoms with van der Waals surface area (Å²) in [6.07, 6.45) is 5.57. The van der Waals surface area contributed by atoms with Gasteiger partial charge in [0.25, 0.3) is 0 Å². The number of nitrogens with one attached hydrogen (secondary N) is 2. The first kappa shape index (κ1) is 22.8. The van der Waals surface area contributed by atoms with E-state index in [4.69, 9.17) is 0 Å². The van der Waals surface area contributed by atoms with Crippen LogP contribution in [0.15, 0.2) is 24.3 Å². The van der Waals surface area contributed by atoms with Gasteiger partial charge in [-0.05, 0) is 63.3 Å². The Kier molecular flexibility index (Phi) is 7.36. The Morgan fingerprint density at radius 3 is 2.45 bits per heavy atom. The zero-order valence-corrected chi connectivity index (χ0v) is 18.9. The van der Waals surface area contributed by atoms with Crippen LogP contribution >= 0.6 is 0 Å². The molecule has 1 saturated carbocycles. The number of benzene rings is 1. The number of hydrogen-bond acceptors (Lipinski definition) is 4. The molecule has 1 aromatic carbocycles. The van der Waals surface area contributed by atoms with E-state index in [0.29, 0.717) is 22.9 Å². The molecular weight excluding hydrogens is 392 g/mol. The second-order valence-electron chi connectivity index (χ2n) is 8.49. The van der Waals surface area contributed by atoms with E-state index in [9.17, 15) is 14.7 Å². The Morgan fingerprint density at radius 2 is 1.87 bits per heavy atom. The van der Waals surface area contributed by atoms with Crippen LogP contribution in [0.3, 0.4) is 0 Å². The van der Waals surface area contributed by atoms with Crippen LogP contribution in [0, 0.1) is 5.92 Å². The van der Waals surface area contributed by atoms with Crippen LogP contribution in [0.1, 0.15) is 77.8 Å². The van der Waals surface area contributed by atoms with Crippen LogP contribution in [-0.4, -0.2) is 32.9 Å². The Labute approximate surface area is 184 Å². The summed E-state index contributed by atoms with van der Waals surface area (Å²) < 4.78 is 1.44. The van der Waals surface area contributed by atoms with Gasteiger partial charge in [-0.25, -0.2) is 4.79 Å². The van der Waals surface area contributed by atoms with Crippen molar-refractivity contribution in [3.63, 3.8) is 0 Å². The monoisotopic (exact) mass is 426 g/mol. The topological polar surface area (TPSA) is 96.3 Å². The predicted octanol–water partition coefficient (Wildman–Crippen LogP) is 5.25. The molecule has 3 rings (SSSR count). The van der Waals surface area contributed by atoms with E-state index in [1.54, 1.807) is 18.2 Å². The molecule has 1 heterocycles. The predicted molar refractivity (Wildman–Crippen MR) is 122 cm³/mol. The lowest BCUT2D eigenvalue weighted by Gasteiger charge is -2.25. The van der Waals surface area contributed by atoms with Gasteiger partial charge in [-0.3, -0.25) is 4.79 Å². The Balaban J connectivity index is 1.93. The molecule has 1 fully saturated rings. The molecule has 2 aromatic rings. The van der Waals surface area contributed by atoms with Crippen LogP contribution in [0.25, 0.3) is 11.3 Å². The number of rotatable bonds is 8. The van der Waals surface area contributed by atoms with Gasteiger partial charge < -0.3 is 15.7 Å². The number of anilines is 1. The van der Waals surface area contributed by atoms with Crippen LogP contribution in [-0.2, 0) is 4.79 Å². The molecule has 7 heteroatoms. The van der Waals surface area contributed by atoms with E-state index >= 15 is 0 Å². The van der Waals surface area contributed by atoms with Gasteiger partial charge >= 0.3 is 6.03 Å². The van der Waals surface area contributed by atoms with E-state index in [1.807, 2.05) is 33.8 Å². The third-order valence-electron chi connectivity index (χ3n) is 6.33. The first-order valence-corrected chi connectivity index (χ1v) is 11.4. The molecule has 1 atom stereocenters. The summed E-state index contributed by atoms with van der Waals surface area (Å²) in [5.74, 6) is 0.276. The summed E-state index contributed by atoms with van der Waals surface area (Å²) in [7, 11) is 0. The van der Waals surface area contributed by atoms with Crippen molar-refractivity contribution in [2.24, 2.45) is 5.92 Å². The molecule has 0 radical (unpaired) electrons. The lowest BCUT2D eigenvalue weighted by Crippen LogP contribution is -2.37. The minimum absolute atomic E-state index is 0.0322. The van der Waals surface area contributed by atoms with Gasteiger partial charge in [0.05, 0.1) is 11.4 Å². The van der Waals surface area contributed by atoms with Crippen molar-refractivity contribution in [2.45, 2.75) is 78.2 Å². The summed E-state index contributed by atoms with van der Waals surface area (Å²) in [4.78, 5) is 25.3. The normalized spacial score (nSPS) is 14.9. The maximum Gasteiger partial charge on any atom is 0.342 e. The van der Waals surface area contributed by atoms with Gasteiger partial charge in [-0.2, -0.15) is 9.78 Å². The van der Waals surface area contributed by atoms with E-state index in [0.717, 1.165) is 44.2 Å². The number of aromatic nitrogens is 2. The van der Waals surface area contributed by atoms with Crippen LogP contribution in [0.4, 0.5) is 10.5 Å². The highest BCUT2D eigenvalue weighted by molar-refractivity contribution is 5.93. The fraction of sp³-hybridized carbons (Fsp3) is 0.542.